The molecule has 1 aromatic heterocycles. The van der Waals surface area contributed by atoms with Gasteiger partial charge in [0.25, 0.3) is 5.91 Å². The van der Waals surface area contributed by atoms with Gasteiger partial charge in [0, 0.05) is 16.7 Å². The van der Waals surface area contributed by atoms with Crippen LogP contribution in [0.1, 0.15) is 34.6 Å². The second-order valence-electron chi connectivity index (χ2n) is 5.70. The molecule has 0 unspecified atom stereocenters. The number of anilines is 2. The molecule has 23 heavy (non-hydrogen) atoms. The minimum atomic E-state index is -0.126. The first kappa shape index (κ1) is 16.2. The number of hydrogen-bond acceptors (Lipinski definition) is 4. The Bertz CT molecular complexity index is 718. The molecule has 1 amide bonds. The maximum atomic E-state index is 12.5. The Labute approximate surface area is 149 Å². The summed E-state index contributed by atoms with van der Waals surface area (Å²) in [5.74, 6) is 0.642. The van der Waals surface area contributed by atoms with Crippen LogP contribution in [-0.2, 0) is 0 Å². The molecule has 2 heterocycles. The standard InChI is InChI=1S/C17H19IN4O/c1-11-15(21-16(23)13-7-3-4-8-14(13)18)12(2)20-17(19-11)22-9-5-6-10-22/h3-4,7-8H,5-6,9-10H2,1-2H3,(H,21,23). The van der Waals surface area contributed by atoms with Crippen molar-refractivity contribution in [1.82, 2.24) is 9.97 Å². The monoisotopic (exact) mass is 422 g/mol. The molecule has 0 atom stereocenters. The third-order valence-electron chi connectivity index (χ3n) is 4.00. The van der Waals surface area contributed by atoms with Crippen molar-refractivity contribution in [2.24, 2.45) is 0 Å². The largest absolute Gasteiger partial charge is 0.341 e. The van der Waals surface area contributed by atoms with E-state index in [9.17, 15) is 4.79 Å². The van der Waals surface area contributed by atoms with Gasteiger partial charge in [0.2, 0.25) is 5.95 Å². The molecular weight excluding hydrogens is 403 g/mol. The van der Waals surface area contributed by atoms with Crippen LogP contribution in [0, 0.1) is 17.4 Å². The fourth-order valence-corrected chi connectivity index (χ4v) is 3.40. The molecule has 1 aliphatic rings. The summed E-state index contributed by atoms with van der Waals surface area (Å²) in [6, 6.07) is 7.52. The topological polar surface area (TPSA) is 58.1 Å². The van der Waals surface area contributed by atoms with Gasteiger partial charge in [-0.3, -0.25) is 4.79 Å². The average Bonchev–Trinajstić information content (AvgIpc) is 3.05. The first-order valence-corrected chi connectivity index (χ1v) is 8.80. The van der Waals surface area contributed by atoms with E-state index >= 15 is 0 Å². The zero-order chi connectivity index (χ0) is 16.4. The van der Waals surface area contributed by atoms with E-state index in [1.807, 2.05) is 38.1 Å². The number of carbonyl (C=O) groups is 1. The van der Waals surface area contributed by atoms with Gasteiger partial charge in [0.05, 0.1) is 22.6 Å². The first-order chi connectivity index (χ1) is 11.1. The number of carbonyl (C=O) groups excluding carboxylic acids is 1. The summed E-state index contributed by atoms with van der Waals surface area (Å²) in [6.07, 6.45) is 2.37. The van der Waals surface area contributed by atoms with E-state index < -0.39 is 0 Å². The Morgan fingerprint density at radius 3 is 2.35 bits per heavy atom. The van der Waals surface area contributed by atoms with Crippen molar-refractivity contribution in [2.75, 3.05) is 23.3 Å². The highest BCUT2D eigenvalue weighted by atomic mass is 127. The zero-order valence-corrected chi connectivity index (χ0v) is 15.4. The van der Waals surface area contributed by atoms with Crippen LogP contribution in [0.5, 0.6) is 0 Å². The quantitative estimate of drug-likeness (QED) is 0.769. The molecule has 1 N–H and O–H groups in total. The lowest BCUT2D eigenvalue weighted by Gasteiger charge is -2.18. The zero-order valence-electron chi connectivity index (χ0n) is 13.3. The number of aryl methyl sites for hydroxylation is 2. The number of amides is 1. The van der Waals surface area contributed by atoms with Crippen molar-refractivity contribution in [2.45, 2.75) is 26.7 Å². The van der Waals surface area contributed by atoms with Gasteiger partial charge >= 0.3 is 0 Å². The average molecular weight is 422 g/mol. The minimum Gasteiger partial charge on any atom is -0.341 e. The van der Waals surface area contributed by atoms with Crippen molar-refractivity contribution in [3.05, 3.63) is 44.8 Å². The molecule has 0 spiro atoms. The Balaban J connectivity index is 1.85. The summed E-state index contributed by atoms with van der Waals surface area (Å²) in [5.41, 5.74) is 2.98. The molecule has 0 radical (unpaired) electrons. The third kappa shape index (κ3) is 3.46. The SMILES string of the molecule is Cc1nc(N2CCCC2)nc(C)c1NC(=O)c1ccccc1I. The molecule has 0 aliphatic carbocycles. The molecule has 6 heteroatoms. The number of nitrogens with zero attached hydrogens (tertiary/aromatic N) is 3. The molecular formula is C17H19IN4O. The van der Waals surface area contributed by atoms with Crippen LogP contribution in [0.25, 0.3) is 0 Å². The van der Waals surface area contributed by atoms with E-state index in [4.69, 9.17) is 0 Å². The molecule has 1 fully saturated rings. The number of nitrogens with one attached hydrogen (secondary N) is 1. The van der Waals surface area contributed by atoms with E-state index in [0.29, 0.717) is 11.3 Å². The first-order valence-electron chi connectivity index (χ1n) is 7.72. The number of halogens is 1. The number of benzene rings is 1. The fourth-order valence-electron chi connectivity index (χ4n) is 2.76. The summed E-state index contributed by atoms with van der Waals surface area (Å²) in [5, 5.41) is 2.97. The number of rotatable bonds is 3. The maximum Gasteiger partial charge on any atom is 0.256 e. The molecule has 0 bridgehead atoms. The maximum absolute atomic E-state index is 12.5. The second-order valence-corrected chi connectivity index (χ2v) is 6.86. The Morgan fingerprint density at radius 1 is 1.13 bits per heavy atom. The highest BCUT2D eigenvalue weighted by Crippen LogP contribution is 2.24. The number of hydrogen-bond donors (Lipinski definition) is 1. The van der Waals surface area contributed by atoms with Crippen LogP contribution in [-0.4, -0.2) is 29.0 Å². The molecule has 3 rings (SSSR count). The summed E-state index contributed by atoms with van der Waals surface area (Å²) in [7, 11) is 0. The molecule has 0 saturated carbocycles. The van der Waals surface area contributed by atoms with Gasteiger partial charge in [-0.25, -0.2) is 9.97 Å². The van der Waals surface area contributed by atoms with Crippen molar-refractivity contribution < 1.29 is 4.79 Å². The van der Waals surface area contributed by atoms with Crippen LogP contribution in [0.3, 0.4) is 0 Å². The lowest BCUT2D eigenvalue weighted by atomic mass is 10.2. The van der Waals surface area contributed by atoms with Gasteiger partial charge in [-0.2, -0.15) is 0 Å². The predicted octanol–water partition coefficient (Wildman–Crippen LogP) is 3.55. The Kier molecular flexibility index (Phi) is 4.79. The lowest BCUT2D eigenvalue weighted by molar-refractivity contribution is 0.102. The van der Waals surface area contributed by atoms with Gasteiger partial charge in [-0.15, -0.1) is 0 Å². The normalized spacial score (nSPS) is 14.1. The van der Waals surface area contributed by atoms with Crippen molar-refractivity contribution >= 4 is 40.1 Å². The van der Waals surface area contributed by atoms with Crippen LogP contribution in [0.2, 0.25) is 0 Å². The fraction of sp³-hybridized carbons (Fsp3) is 0.353. The van der Waals surface area contributed by atoms with E-state index in [1.54, 1.807) is 0 Å². The highest BCUT2D eigenvalue weighted by Gasteiger charge is 2.19. The molecule has 1 aliphatic heterocycles. The van der Waals surface area contributed by atoms with E-state index in [0.717, 1.165) is 34.0 Å². The second kappa shape index (κ2) is 6.82. The van der Waals surface area contributed by atoms with Crippen LogP contribution in [0.15, 0.2) is 24.3 Å². The van der Waals surface area contributed by atoms with Gasteiger partial charge in [-0.1, -0.05) is 12.1 Å². The third-order valence-corrected chi connectivity index (χ3v) is 4.95. The minimum absolute atomic E-state index is 0.126. The smallest absolute Gasteiger partial charge is 0.256 e. The summed E-state index contributed by atoms with van der Waals surface area (Å²) in [4.78, 5) is 23.9. The van der Waals surface area contributed by atoms with Gasteiger partial charge in [-0.05, 0) is 61.4 Å². The van der Waals surface area contributed by atoms with Gasteiger partial charge in [0.15, 0.2) is 0 Å². The summed E-state index contributed by atoms with van der Waals surface area (Å²) >= 11 is 2.17. The molecule has 5 nitrogen and oxygen atoms in total. The van der Waals surface area contributed by atoms with Gasteiger partial charge < -0.3 is 10.2 Å². The lowest BCUT2D eigenvalue weighted by Crippen LogP contribution is -2.22. The predicted molar refractivity (Wildman–Crippen MR) is 100 cm³/mol. The molecule has 120 valence electrons. The molecule has 1 saturated heterocycles. The highest BCUT2D eigenvalue weighted by molar-refractivity contribution is 14.1. The Hall–Kier alpha value is -1.70. The molecule has 2 aromatic rings. The summed E-state index contributed by atoms with van der Waals surface area (Å²) < 4.78 is 0.924. The van der Waals surface area contributed by atoms with Crippen LogP contribution in [0.4, 0.5) is 11.6 Å². The van der Waals surface area contributed by atoms with E-state index in [1.165, 1.54) is 12.8 Å². The van der Waals surface area contributed by atoms with Crippen LogP contribution >= 0.6 is 22.6 Å². The van der Waals surface area contributed by atoms with Crippen LogP contribution < -0.4 is 10.2 Å². The Morgan fingerprint density at radius 2 is 1.74 bits per heavy atom. The number of aromatic nitrogens is 2. The molecule has 1 aromatic carbocycles. The van der Waals surface area contributed by atoms with Gasteiger partial charge in [0.1, 0.15) is 0 Å². The van der Waals surface area contributed by atoms with E-state index in [2.05, 4.69) is 42.8 Å². The van der Waals surface area contributed by atoms with E-state index in [-0.39, 0.29) is 5.91 Å². The van der Waals surface area contributed by atoms with Crippen molar-refractivity contribution in [3.8, 4) is 0 Å². The van der Waals surface area contributed by atoms with Crippen molar-refractivity contribution in [1.29, 1.82) is 0 Å². The van der Waals surface area contributed by atoms with Crippen molar-refractivity contribution in [3.63, 3.8) is 0 Å². The summed E-state index contributed by atoms with van der Waals surface area (Å²) in [6.45, 7) is 5.85.